The summed E-state index contributed by atoms with van der Waals surface area (Å²) >= 11 is 0. The summed E-state index contributed by atoms with van der Waals surface area (Å²) < 4.78 is 40.8. The van der Waals surface area contributed by atoms with Gasteiger partial charge in [0.2, 0.25) is 5.95 Å². The number of nitrogens with zero attached hydrogens (tertiary/aromatic N) is 4. The fraction of sp³-hybridized carbons (Fsp3) is 0.294. The second-order valence-corrected chi connectivity index (χ2v) is 6.34. The first kappa shape index (κ1) is 17.3. The van der Waals surface area contributed by atoms with Gasteiger partial charge in [0.1, 0.15) is 5.82 Å². The molecule has 0 bridgehead atoms. The van der Waals surface area contributed by atoms with Crippen LogP contribution < -0.4 is 10.6 Å². The van der Waals surface area contributed by atoms with Crippen LogP contribution in [0, 0.1) is 6.92 Å². The quantitative estimate of drug-likeness (QED) is 0.730. The number of rotatable bonds is 4. The van der Waals surface area contributed by atoms with Crippen molar-refractivity contribution in [1.29, 1.82) is 0 Å². The van der Waals surface area contributed by atoms with Crippen molar-refractivity contribution < 1.29 is 18.0 Å². The first-order valence-electron chi connectivity index (χ1n) is 8.29. The van der Waals surface area contributed by atoms with Crippen LogP contribution in [0.4, 0.5) is 24.9 Å². The molecule has 4 rings (SSSR count). The third-order valence-electron chi connectivity index (χ3n) is 4.17. The van der Waals surface area contributed by atoms with E-state index < -0.39 is 17.6 Å². The topological polar surface area (TPSA) is 84.2 Å². The monoisotopic (exact) mass is 376 g/mol. The maximum absolute atomic E-state index is 13.2. The van der Waals surface area contributed by atoms with Crippen molar-refractivity contribution in [3.63, 3.8) is 0 Å². The highest BCUT2D eigenvalue weighted by atomic mass is 19.4. The number of alkyl halides is 3. The summed E-state index contributed by atoms with van der Waals surface area (Å²) in [4.78, 5) is 20.4. The van der Waals surface area contributed by atoms with Gasteiger partial charge in [-0.1, -0.05) is 0 Å². The van der Waals surface area contributed by atoms with Crippen molar-refractivity contribution in [3.05, 3.63) is 47.3 Å². The van der Waals surface area contributed by atoms with Gasteiger partial charge in [-0.3, -0.25) is 15.1 Å². The van der Waals surface area contributed by atoms with E-state index >= 15 is 0 Å². The average molecular weight is 376 g/mol. The van der Waals surface area contributed by atoms with Gasteiger partial charge < -0.3 is 5.32 Å². The molecular formula is C17H15F3N6O. The third-order valence-corrected chi connectivity index (χ3v) is 4.17. The van der Waals surface area contributed by atoms with E-state index in [0.29, 0.717) is 11.3 Å². The Labute approximate surface area is 151 Å². The lowest BCUT2D eigenvalue weighted by Crippen LogP contribution is -2.15. The maximum atomic E-state index is 13.2. The van der Waals surface area contributed by atoms with Crippen molar-refractivity contribution in [1.82, 2.24) is 19.6 Å². The van der Waals surface area contributed by atoms with E-state index in [9.17, 15) is 18.0 Å². The zero-order valence-electron chi connectivity index (χ0n) is 14.2. The summed E-state index contributed by atoms with van der Waals surface area (Å²) in [6.07, 6.45) is -1.18. The number of halogens is 3. The highest BCUT2D eigenvalue weighted by molar-refractivity contribution is 6.04. The molecule has 3 aromatic rings. The molecule has 2 N–H and O–H groups in total. The molecule has 0 radical (unpaired) electrons. The zero-order chi connectivity index (χ0) is 19.2. The van der Waals surface area contributed by atoms with E-state index in [-0.39, 0.29) is 23.5 Å². The third kappa shape index (κ3) is 3.55. The van der Waals surface area contributed by atoms with Gasteiger partial charge in [-0.2, -0.15) is 22.7 Å². The summed E-state index contributed by atoms with van der Waals surface area (Å²) in [7, 11) is 0. The molecule has 0 spiro atoms. The molecule has 1 fully saturated rings. The van der Waals surface area contributed by atoms with E-state index in [4.69, 9.17) is 0 Å². The first-order valence-corrected chi connectivity index (χ1v) is 8.29. The van der Waals surface area contributed by atoms with Crippen LogP contribution in [0.3, 0.4) is 0 Å². The molecule has 10 heteroatoms. The Morgan fingerprint density at radius 2 is 2.07 bits per heavy atom. The van der Waals surface area contributed by atoms with Crippen LogP contribution in [0.2, 0.25) is 0 Å². The minimum Gasteiger partial charge on any atom is -0.367 e. The lowest BCUT2D eigenvalue weighted by Gasteiger charge is -2.11. The zero-order valence-corrected chi connectivity index (χ0v) is 14.2. The fourth-order valence-electron chi connectivity index (χ4n) is 2.63. The number of nitrogens with one attached hydrogen (secondary N) is 2. The van der Waals surface area contributed by atoms with Crippen LogP contribution in [0.5, 0.6) is 0 Å². The molecule has 0 saturated heterocycles. The molecular weight excluding hydrogens is 361 g/mol. The second kappa shape index (κ2) is 6.22. The Balaban J connectivity index is 1.70. The van der Waals surface area contributed by atoms with Crippen LogP contribution in [-0.2, 0) is 6.18 Å². The van der Waals surface area contributed by atoms with E-state index in [1.165, 1.54) is 4.52 Å². The molecule has 7 nitrogen and oxygen atoms in total. The minimum absolute atomic E-state index is 0.00816. The standard InChI is InChI=1S/C17H15F3N6O/c1-9-12(3-2-6-21-9)15(27)24-16-23-14-8-10(17(18,19)20)7-13(26(14)25-16)22-11-4-5-11/h2-3,6-8,11,22H,4-5H2,1H3,(H,24,25,27). The fourth-order valence-corrected chi connectivity index (χ4v) is 2.63. The lowest BCUT2D eigenvalue weighted by molar-refractivity contribution is -0.137. The van der Waals surface area contributed by atoms with E-state index in [1.54, 1.807) is 25.3 Å². The van der Waals surface area contributed by atoms with Gasteiger partial charge in [-0.05, 0) is 44.0 Å². The molecule has 1 amide bonds. The van der Waals surface area contributed by atoms with E-state index in [0.717, 1.165) is 25.0 Å². The lowest BCUT2D eigenvalue weighted by atomic mass is 10.2. The molecule has 1 saturated carbocycles. The number of carbonyl (C=O) groups excluding carboxylic acids is 1. The molecule has 1 aliphatic rings. The Morgan fingerprint density at radius 3 is 2.74 bits per heavy atom. The normalized spacial score (nSPS) is 14.4. The van der Waals surface area contributed by atoms with Gasteiger partial charge in [-0.15, -0.1) is 5.10 Å². The van der Waals surface area contributed by atoms with Gasteiger partial charge >= 0.3 is 6.18 Å². The number of amides is 1. The van der Waals surface area contributed by atoms with Crippen molar-refractivity contribution in [2.75, 3.05) is 10.6 Å². The average Bonchev–Trinajstić information content (AvgIpc) is 3.31. The Bertz CT molecular complexity index is 1030. The highest BCUT2D eigenvalue weighted by Gasteiger charge is 2.33. The van der Waals surface area contributed by atoms with Gasteiger partial charge in [0.15, 0.2) is 5.65 Å². The number of hydrogen-bond acceptors (Lipinski definition) is 5. The van der Waals surface area contributed by atoms with Gasteiger partial charge in [0.25, 0.3) is 5.91 Å². The van der Waals surface area contributed by atoms with E-state index in [2.05, 4.69) is 25.7 Å². The second-order valence-electron chi connectivity index (χ2n) is 6.34. The molecule has 3 heterocycles. The van der Waals surface area contributed by atoms with Crippen LogP contribution in [0.15, 0.2) is 30.5 Å². The SMILES string of the molecule is Cc1ncccc1C(=O)Nc1nc2cc(C(F)(F)F)cc(NC3CC3)n2n1. The number of aromatic nitrogens is 4. The molecule has 27 heavy (non-hydrogen) atoms. The summed E-state index contributed by atoms with van der Waals surface area (Å²) in [6.45, 7) is 1.68. The van der Waals surface area contributed by atoms with Gasteiger partial charge in [0.05, 0.1) is 11.1 Å². The Morgan fingerprint density at radius 1 is 1.30 bits per heavy atom. The summed E-state index contributed by atoms with van der Waals surface area (Å²) in [6, 6.07) is 5.23. The largest absolute Gasteiger partial charge is 0.416 e. The number of pyridine rings is 2. The minimum atomic E-state index is -4.51. The number of fused-ring (bicyclic) bond motifs is 1. The molecule has 0 atom stereocenters. The van der Waals surface area contributed by atoms with Crippen LogP contribution in [0.25, 0.3) is 5.65 Å². The Hall–Kier alpha value is -3.17. The van der Waals surface area contributed by atoms with Crippen molar-refractivity contribution >= 4 is 23.3 Å². The molecule has 0 unspecified atom stereocenters. The summed E-state index contributed by atoms with van der Waals surface area (Å²) in [5.74, 6) is -0.376. The predicted molar refractivity (Wildman–Crippen MR) is 91.6 cm³/mol. The van der Waals surface area contributed by atoms with Crippen LogP contribution in [0.1, 0.15) is 34.5 Å². The predicted octanol–water partition coefficient (Wildman–Crippen LogP) is 3.28. The molecule has 3 aromatic heterocycles. The highest BCUT2D eigenvalue weighted by Crippen LogP contribution is 2.33. The van der Waals surface area contributed by atoms with Crippen LogP contribution >= 0.6 is 0 Å². The molecule has 0 aliphatic heterocycles. The number of aryl methyl sites for hydroxylation is 1. The molecule has 140 valence electrons. The smallest absolute Gasteiger partial charge is 0.367 e. The summed E-state index contributed by atoms with van der Waals surface area (Å²) in [5.41, 5.74) is 0.0237. The molecule has 0 aromatic carbocycles. The first-order chi connectivity index (χ1) is 12.8. The number of hydrogen-bond donors (Lipinski definition) is 2. The van der Waals surface area contributed by atoms with E-state index in [1.807, 2.05) is 0 Å². The van der Waals surface area contributed by atoms with Gasteiger partial charge in [0, 0.05) is 17.9 Å². The van der Waals surface area contributed by atoms with Crippen LogP contribution in [-0.4, -0.2) is 31.5 Å². The van der Waals surface area contributed by atoms with Gasteiger partial charge in [-0.25, -0.2) is 0 Å². The summed E-state index contributed by atoms with van der Waals surface area (Å²) in [5, 5.41) is 9.66. The van der Waals surface area contributed by atoms with Crippen molar-refractivity contribution in [2.24, 2.45) is 0 Å². The number of carbonyl (C=O) groups is 1. The number of anilines is 2. The van der Waals surface area contributed by atoms with Crippen molar-refractivity contribution in [2.45, 2.75) is 32.0 Å². The van der Waals surface area contributed by atoms with Crippen molar-refractivity contribution in [3.8, 4) is 0 Å². The Kier molecular flexibility index (Phi) is 3.97. The molecule has 1 aliphatic carbocycles. The maximum Gasteiger partial charge on any atom is 0.416 e.